The van der Waals surface area contributed by atoms with Gasteiger partial charge in [-0.15, -0.1) is 11.3 Å². The molecule has 0 aliphatic rings. The number of nitrogens with two attached hydrogens (primary N) is 2. The summed E-state index contributed by atoms with van der Waals surface area (Å²) in [6.45, 7) is 2.26. The third-order valence-corrected chi connectivity index (χ3v) is 5.72. The first-order chi connectivity index (χ1) is 13.5. The maximum absolute atomic E-state index is 11.6. The smallest absolute Gasteiger partial charge is 0.234 e. The van der Waals surface area contributed by atoms with Gasteiger partial charge < -0.3 is 21.5 Å². The Hall–Kier alpha value is -3.17. The van der Waals surface area contributed by atoms with Crippen LogP contribution >= 0.6 is 11.3 Å². The van der Waals surface area contributed by atoms with Crippen molar-refractivity contribution in [1.82, 2.24) is 19.9 Å². The summed E-state index contributed by atoms with van der Waals surface area (Å²) in [6, 6.07) is 8.23. The van der Waals surface area contributed by atoms with Crippen molar-refractivity contribution in [2.75, 3.05) is 19.4 Å². The molecule has 28 heavy (non-hydrogen) atoms. The Morgan fingerprint density at radius 1 is 1.32 bits per heavy atom. The molecule has 0 aliphatic heterocycles. The molecule has 0 saturated heterocycles. The predicted octanol–water partition coefficient (Wildman–Crippen LogP) is 2.09. The summed E-state index contributed by atoms with van der Waals surface area (Å²) in [4.78, 5) is 16.7. The summed E-state index contributed by atoms with van der Waals surface area (Å²) < 4.78 is 8.32. The van der Waals surface area contributed by atoms with Crippen LogP contribution in [0.1, 0.15) is 11.3 Å². The molecule has 0 fully saturated rings. The summed E-state index contributed by atoms with van der Waals surface area (Å²) >= 11 is 1.62. The van der Waals surface area contributed by atoms with E-state index in [2.05, 4.69) is 27.5 Å². The van der Waals surface area contributed by atoms with Gasteiger partial charge in [-0.3, -0.25) is 4.79 Å². The number of amides is 1. The van der Waals surface area contributed by atoms with Crippen LogP contribution in [0.15, 0.2) is 30.6 Å². The van der Waals surface area contributed by atoms with Gasteiger partial charge in [-0.25, -0.2) is 9.50 Å². The second-order valence-electron chi connectivity index (χ2n) is 6.43. The number of nitrogens with zero attached hydrogens (tertiary/aromatic N) is 3. The van der Waals surface area contributed by atoms with E-state index in [9.17, 15) is 4.79 Å². The Morgan fingerprint density at radius 3 is 2.89 bits per heavy atom. The molecule has 0 saturated carbocycles. The lowest BCUT2D eigenvalue weighted by Crippen LogP contribution is -2.30. The first kappa shape index (κ1) is 18.2. The van der Waals surface area contributed by atoms with Gasteiger partial charge in [0.15, 0.2) is 5.82 Å². The summed E-state index contributed by atoms with van der Waals surface area (Å²) in [5.74, 6) is 0.983. The minimum Gasteiger partial charge on any atom is -0.495 e. The molecule has 9 heteroatoms. The van der Waals surface area contributed by atoms with E-state index in [1.165, 1.54) is 6.33 Å². The lowest BCUT2D eigenvalue weighted by Gasteiger charge is -2.04. The minimum atomic E-state index is -0.236. The molecule has 0 unspecified atom stereocenters. The number of fused-ring (bicyclic) bond motifs is 2. The molecule has 1 amide bonds. The summed E-state index contributed by atoms with van der Waals surface area (Å²) in [5, 5.41) is 8.19. The van der Waals surface area contributed by atoms with Crippen LogP contribution in [0, 0.1) is 6.92 Å². The molecule has 3 heterocycles. The van der Waals surface area contributed by atoms with Crippen molar-refractivity contribution in [1.29, 1.82) is 0 Å². The number of nitrogens with one attached hydrogen (secondary N) is 1. The summed E-state index contributed by atoms with van der Waals surface area (Å²) in [5.41, 5.74) is 15.1. The van der Waals surface area contributed by atoms with Crippen molar-refractivity contribution in [2.45, 2.75) is 13.5 Å². The third kappa shape index (κ3) is 3.04. The van der Waals surface area contributed by atoms with Crippen molar-refractivity contribution >= 4 is 38.7 Å². The highest BCUT2D eigenvalue weighted by Crippen LogP contribution is 2.42. The number of hydrogen-bond donors (Lipinski definition) is 3. The molecule has 0 spiro atoms. The topological polar surface area (TPSA) is 121 Å². The van der Waals surface area contributed by atoms with Crippen molar-refractivity contribution < 1.29 is 9.53 Å². The van der Waals surface area contributed by atoms with Gasteiger partial charge in [-0.05, 0) is 36.1 Å². The van der Waals surface area contributed by atoms with Gasteiger partial charge in [0, 0.05) is 10.4 Å². The van der Waals surface area contributed by atoms with E-state index in [0.717, 1.165) is 37.5 Å². The number of aryl methyl sites for hydroxylation is 1. The minimum absolute atomic E-state index is 0.0667. The monoisotopic (exact) mass is 396 g/mol. The van der Waals surface area contributed by atoms with Crippen molar-refractivity contribution in [3.05, 3.63) is 41.9 Å². The number of rotatable bonds is 5. The van der Waals surface area contributed by atoms with E-state index in [1.54, 1.807) is 23.0 Å². The highest BCUT2D eigenvalue weighted by atomic mass is 32.1. The standard InChI is InChI=1S/C19H20N6O2S/c1-10-3-11-5-15(28-18(11)14(4-10)27-2)13-6-12(8-22-16(26)7-20)25-17(13)19(21)23-9-24-25/h3-6,9H,7-8,20H2,1-2H3,(H,22,26)(H2,21,23,24). The Morgan fingerprint density at radius 2 is 2.14 bits per heavy atom. The number of thiophene rings is 1. The third-order valence-electron chi connectivity index (χ3n) is 4.52. The molecule has 3 aromatic heterocycles. The second-order valence-corrected chi connectivity index (χ2v) is 7.48. The number of carbonyl (C=O) groups excluding carboxylic acids is 1. The zero-order valence-electron chi connectivity index (χ0n) is 15.5. The Balaban J connectivity index is 1.89. The van der Waals surface area contributed by atoms with Crippen molar-refractivity contribution in [3.63, 3.8) is 0 Å². The zero-order chi connectivity index (χ0) is 19.8. The second kappa shape index (κ2) is 7.10. The van der Waals surface area contributed by atoms with Gasteiger partial charge in [0.05, 0.1) is 30.6 Å². The van der Waals surface area contributed by atoms with Gasteiger partial charge in [-0.2, -0.15) is 5.10 Å². The molecule has 5 N–H and O–H groups in total. The van der Waals surface area contributed by atoms with Crippen LogP contribution in [0.4, 0.5) is 5.82 Å². The molecule has 0 aliphatic carbocycles. The fourth-order valence-corrected chi connectivity index (χ4v) is 4.41. The molecule has 4 aromatic rings. The number of aromatic nitrogens is 3. The maximum atomic E-state index is 11.6. The predicted molar refractivity (Wildman–Crippen MR) is 110 cm³/mol. The number of methoxy groups -OCH3 is 1. The molecular weight excluding hydrogens is 376 g/mol. The molecule has 0 bridgehead atoms. The lowest BCUT2D eigenvalue weighted by atomic mass is 10.1. The average molecular weight is 396 g/mol. The summed E-state index contributed by atoms with van der Waals surface area (Å²) in [6.07, 6.45) is 1.40. The Bertz CT molecular complexity index is 1200. The maximum Gasteiger partial charge on any atom is 0.234 e. The Kier molecular flexibility index (Phi) is 4.62. The van der Waals surface area contributed by atoms with E-state index in [-0.39, 0.29) is 12.5 Å². The van der Waals surface area contributed by atoms with Crippen molar-refractivity contribution in [2.24, 2.45) is 5.73 Å². The van der Waals surface area contributed by atoms with E-state index in [0.29, 0.717) is 17.9 Å². The first-order valence-corrected chi connectivity index (χ1v) is 9.50. The van der Waals surface area contributed by atoms with E-state index in [4.69, 9.17) is 16.2 Å². The SMILES string of the molecule is COc1cc(C)cc2cc(-c3cc(CNC(=O)CN)n4ncnc(N)c34)sc12. The van der Waals surface area contributed by atoms with Gasteiger partial charge >= 0.3 is 0 Å². The van der Waals surface area contributed by atoms with Gasteiger partial charge in [-0.1, -0.05) is 6.07 Å². The quantitative estimate of drug-likeness (QED) is 0.475. The lowest BCUT2D eigenvalue weighted by molar-refractivity contribution is -0.119. The van der Waals surface area contributed by atoms with E-state index in [1.807, 2.05) is 19.1 Å². The molecule has 0 atom stereocenters. The van der Waals surface area contributed by atoms with Crippen LogP contribution in [0.25, 0.3) is 26.0 Å². The number of anilines is 1. The number of ether oxygens (including phenoxy) is 1. The number of benzene rings is 1. The highest BCUT2D eigenvalue weighted by molar-refractivity contribution is 7.22. The van der Waals surface area contributed by atoms with Gasteiger partial charge in [0.1, 0.15) is 17.6 Å². The number of nitrogen functional groups attached to an aromatic ring is 1. The number of hydrogen-bond acceptors (Lipinski definition) is 7. The fraction of sp³-hybridized carbons (Fsp3) is 0.211. The van der Waals surface area contributed by atoms with Crippen LogP contribution in [-0.2, 0) is 11.3 Å². The molecule has 8 nitrogen and oxygen atoms in total. The van der Waals surface area contributed by atoms with Gasteiger partial charge in [0.25, 0.3) is 0 Å². The average Bonchev–Trinajstić information content (AvgIpc) is 3.27. The highest BCUT2D eigenvalue weighted by Gasteiger charge is 2.18. The van der Waals surface area contributed by atoms with Crippen LogP contribution in [-0.4, -0.2) is 34.2 Å². The molecular formula is C19H20N6O2S. The molecule has 1 aromatic carbocycles. The van der Waals surface area contributed by atoms with E-state index >= 15 is 0 Å². The fourth-order valence-electron chi connectivity index (χ4n) is 3.26. The van der Waals surface area contributed by atoms with Gasteiger partial charge in [0.2, 0.25) is 5.91 Å². The van der Waals surface area contributed by atoms with E-state index < -0.39 is 0 Å². The van der Waals surface area contributed by atoms with Crippen LogP contribution in [0.2, 0.25) is 0 Å². The Labute approximate surface area is 165 Å². The number of carbonyl (C=O) groups is 1. The molecule has 0 radical (unpaired) electrons. The largest absolute Gasteiger partial charge is 0.495 e. The van der Waals surface area contributed by atoms with Crippen molar-refractivity contribution in [3.8, 4) is 16.2 Å². The summed E-state index contributed by atoms with van der Waals surface area (Å²) in [7, 11) is 1.67. The molecule has 144 valence electrons. The normalized spacial score (nSPS) is 11.2. The first-order valence-electron chi connectivity index (χ1n) is 8.68. The van der Waals surface area contributed by atoms with Crippen LogP contribution < -0.4 is 21.5 Å². The van der Waals surface area contributed by atoms with Crippen LogP contribution in [0.5, 0.6) is 5.75 Å². The zero-order valence-corrected chi connectivity index (χ0v) is 16.3. The van der Waals surface area contributed by atoms with Crippen LogP contribution in [0.3, 0.4) is 0 Å². The molecule has 4 rings (SSSR count).